The van der Waals surface area contributed by atoms with E-state index < -0.39 is 66.7 Å². The highest BCUT2D eigenvalue weighted by molar-refractivity contribution is 6.16. The summed E-state index contributed by atoms with van der Waals surface area (Å²) in [5.74, 6) is -1.01. The van der Waals surface area contributed by atoms with Crippen molar-refractivity contribution in [2.75, 3.05) is 18.0 Å². The first-order valence-corrected chi connectivity index (χ1v) is 12.3. The van der Waals surface area contributed by atoms with Gasteiger partial charge in [-0.05, 0) is 23.8 Å². The van der Waals surface area contributed by atoms with Crippen molar-refractivity contribution in [3.05, 3.63) is 113 Å². The summed E-state index contributed by atoms with van der Waals surface area (Å²) in [6.07, 6.45) is -15.8. The Labute approximate surface area is 234 Å². The summed E-state index contributed by atoms with van der Waals surface area (Å²) in [6.45, 7) is 1.93. The van der Waals surface area contributed by atoms with Gasteiger partial charge < -0.3 is 10.2 Å². The highest BCUT2D eigenvalue weighted by Gasteiger charge is 2.39. The Kier molecular flexibility index (Phi) is 8.42. The maximum absolute atomic E-state index is 13.6. The monoisotopic (exact) mass is 599 g/mol. The molecule has 3 aromatic carbocycles. The summed E-state index contributed by atoms with van der Waals surface area (Å²) in [5.41, 5.74) is -2.59. The van der Waals surface area contributed by atoms with Gasteiger partial charge in [-0.2, -0.15) is 39.5 Å². The molecule has 0 spiro atoms. The van der Waals surface area contributed by atoms with Crippen LogP contribution in [0.4, 0.5) is 45.2 Å². The fourth-order valence-corrected chi connectivity index (χ4v) is 4.52. The molecule has 0 radical (unpaired) electrons. The quantitative estimate of drug-likeness (QED) is 0.305. The molecule has 0 saturated heterocycles. The molecule has 1 amide bonds. The number of carbonyl (C=O) groups is 1. The molecular weight excluding hydrogens is 577 g/mol. The predicted molar refractivity (Wildman–Crippen MR) is 138 cm³/mol. The van der Waals surface area contributed by atoms with Crippen molar-refractivity contribution in [1.82, 2.24) is 5.32 Å². The molecule has 1 aliphatic heterocycles. The molecule has 4 nitrogen and oxygen atoms in total. The van der Waals surface area contributed by atoms with Crippen LogP contribution in [0.3, 0.4) is 0 Å². The van der Waals surface area contributed by atoms with Gasteiger partial charge in [0.25, 0.3) is 0 Å². The summed E-state index contributed by atoms with van der Waals surface area (Å²) in [6, 6.07) is 14.5. The Morgan fingerprint density at radius 3 is 2.12 bits per heavy atom. The third kappa shape index (κ3) is 7.12. The Balaban J connectivity index is 1.65. The number of nitrogens with one attached hydrogen (secondary N) is 1. The predicted octanol–water partition coefficient (Wildman–Crippen LogP) is 7.19. The van der Waals surface area contributed by atoms with Crippen molar-refractivity contribution >= 4 is 17.3 Å². The van der Waals surface area contributed by atoms with Crippen molar-refractivity contribution in [2.45, 2.75) is 31.0 Å². The number of benzene rings is 3. The van der Waals surface area contributed by atoms with Gasteiger partial charge in [0.15, 0.2) is 0 Å². The topological polar surface area (TPSA) is 44.7 Å². The van der Waals surface area contributed by atoms with Crippen LogP contribution in [0.2, 0.25) is 0 Å². The zero-order chi connectivity index (χ0) is 30.9. The maximum Gasteiger partial charge on any atom is 0.416 e. The molecule has 42 heavy (non-hydrogen) atoms. The molecule has 0 aliphatic carbocycles. The van der Waals surface area contributed by atoms with Gasteiger partial charge in [0.1, 0.15) is 12.6 Å². The number of hydrogen-bond donors (Lipinski definition) is 1. The Bertz CT molecular complexity index is 1490. The first kappa shape index (κ1) is 30.7. The second-order valence-corrected chi connectivity index (χ2v) is 9.42. The highest BCUT2D eigenvalue weighted by Crippen LogP contribution is 2.38. The van der Waals surface area contributed by atoms with Gasteiger partial charge in [-0.15, -0.1) is 0 Å². The molecule has 3 aromatic rings. The van der Waals surface area contributed by atoms with E-state index >= 15 is 0 Å². The smallest absolute Gasteiger partial charge is 0.353 e. The van der Waals surface area contributed by atoms with Crippen LogP contribution in [0.15, 0.2) is 90.1 Å². The number of amides is 1. The summed E-state index contributed by atoms with van der Waals surface area (Å²) in [5, 5.41) is 2.36. The number of fused-ring (bicyclic) bond motifs is 1. The lowest BCUT2D eigenvalue weighted by molar-refractivity contribution is -0.143. The number of aliphatic imine (C=N–C) groups is 1. The first-order chi connectivity index (χ1) is 19.5. The average molecular weight is 599 g/mol. The third-order valence-corrected chi connectivity index (χ3v) is 6.44. The van der Waals surface area contributed by atoms with E-state index in [0.29, 0.717) is 29.0 Å². The van der Waals surface area contributed by atoms with Gasteiger partial charge in [0.2, 0.25) is 5.91 Å². The summed E-state index contributed by atoms with van der Waals surface area (Å²) in [7, 11) is 0. The maximum atomic E-state index is 13.6. The number of alkyl halides is 9. The van der Waals surface area contributed by atoms with Crippen LogP contribution in [0.25, 0.3) is 0 Å². The molecule has 1 N–H and O–H groups in total. The molecule has 1 heterocycles. The number of carbonyl (C=O) groups excluding carboxylic acids is 1. The Morgan fingerprint density at radius 2 is 1.50 bits per heavy atom. The lowest BCUT2D eigenvalue weighted by Gasteiger charge is -2.30. The second kappa shape index (κ2) is 11.5. The molecule has 4 rings (SSSR count). The minimum atomic E-state index is -5.18. The SMILES string of the molecule is C=C1[C@H](CNC(=O)Cc2ccc(C(F)(F)F)cc2C(F)(F)F)N=C(c2ccccc2)c2ccccc2N1CC(F)(F)F. The Hall–Kier alpha value is -4.29. The minimum absolute atomic E-state index is 0.0710. The van der Waals surface area contributed by atoms with Crippen molar-refractivity contribution in [3.8, 4) is 0 Å². The molecule has 0 fully saturated rings. The van der Waals surface area contributed by atoms with E-state index in [-0.39, 0.29) is 17.5 Å². The van der Waals surface area contributed by atoms with Crippen LogP contribution in [0.5, 0.6) is 0 Å². The van der Waals surface area contributed by atoms with Gasteiger partial charge in [-0.25, -0.2) is 0 Å². The van der Waals surface area contributed by atoms with Crippen LogP contribution in [-0.2, 0) is 23.6 Å². The number of halogens is 9. The molecule has 222 valence electrons. The second-order valence-electron chi connectivity index (χ2n) is 9.42. The number of rotatable bonds is 6. The number of nitrogens with zero attached hydrogens (tertiary/aromatic N) is 2. The zero-order valence-corrected chi connectivity index (χ0v) is 21.5. The molecule has 0 saturated carbocycles. The summed E-state index contributed by atoms with van der Waals surface area (Å²) >= 11 is 0. The van der Waals surface area contributed by atoms with Gasteiger partial charge >= 0.3 is 18.5 Å². The van der Waals surface area contributed by atoms with Crippen molar-refractivity contribution in [3.63, 3.8) is 0 Å². The van der Waals surface area contributed by atoms with Crippen LogP contribution >= 0.6 is 0 Å². The van der Waals surface area contributed by atoms with Gasteiger partial charge in [-0.1, -0.05) is 61.2 Å². The molecule has 13 heteroatoms. The fourth-order valence-electron chi connectivity index (χ4n) is 4.52. The lowest BCUT2D eigenvalue weighted by atomic mass is 10.00. The molecule has 0 bridgehead atoms. The van der Waals surface area contributed by atoms with E-state index in [1.54, 1.807) is 48.5 Å². The normalized spacial score (nSPS) is 16.0. The van der Waals surface area contributed by atoms with E-state index in [9.17, 15) is 44.3 Å². The number of para-hydroxylation sites is 1. The van der Waals surface area contributed by atoms with Crippen LogP contribution in [0.1, 0.15) is 27.8 Å². The molecule has 0 unspecified atom stereocenters. The highest BCUT2D eigenvalue weighted by atomic mass is 19.4. The van der Waals surface area contributed by atoms with E-state index in [0.717, 1.165) is 4.90 Å². The molecule has 0 aromatic heterocycles. The zero-order valence-electron chi connectivity index (χ0n) is 21.5. The fraction of sp³-hybridized carbons (Fsp3) is 0.241. The van der Waals surface area contributed by atoms with E-state index in [4.69, 9.17) is 0 Å². The lowest BCUT2D eigenvalue weighted by Crippen LogP contribution is -2.41. The van der Waals surface area contributed by atoms with Crippen molar-refractivity contribution in [2.24, 2.45) is 4.99 Å². The number of hydrogen-bond acceptors (Lipinski definition) is 3. The largest absolute Gasteiger partial charge is 0.416 e. The molecule has 1 aliphatic rings. The Morgan fingerprint density at radius 1 is 0.857 bits per heavy atom. The van der Waals surface area contributed by atoms with Gasteiger partial charge in [-0.3, -0.25) is 9.79 Å². The summed E-state index contributed by atoms with van der Waals surface area (Å²) < 4.78 is 120. The van der Waals surface area contributed by atoms with Gasteiger partial charge in [0.05, 0.1) is 28.9 Å². The van der Waals surface area contributed by atoms with Crippen molar-refractivity contribution in [1.29, 1.82) is 0 Å². The van der Waals surface area contributed by atoms with E-state index in [1.165, 1.54) is 6.07 Å². The van der Waals surface area contributed by atoms with Gasteiger partial charge in [0, 0.05) is 23.4 Å². The molecular formula is C29H22F9N3O. The average Bonchev–Trinajstić information content (AvgIpc) is 3.01. The van der Waals surface area contributed by atoms with Crippen molar-refractivity contribution < 1.29 is 44.3 Å². The minimum Gasteiger partial charge on any atom is -0.353 e. The number of benzodiazepines with no additional fused rings is 1. The van der Waals surface area contributed by atoms with E-state index in [2.05, 4.69) is 16.9 Å². The molecule has 1 atom stereocenters. The summed E-state index contributed by atoms with van der Waals surface area (Å²) in [4.78, 5) is 18.2. The third-order valence-electron chi connectivity index (χ3n) is 6.44. The van der Waals surface area contributed by atoms with Crippen LogP contribution < -0.4 is 10.2 Å². The van der Waals surface area contributed by atoms with Crippen LogP contribution in [0, 0.1) is 0 Å². The standard InChI is InChI=1S/C29H22F9N3O/c1-17-23(15-39-25(42)13-19-11-12-20(28(33,34)35)14-22(19)29(36,37)38)40-26(18-7-3-2-4-8-18)21-9-5-6-10-24(21)41(17)16-27(30,31)32/h2-12,14,23H,1,13,15-16H2,(H,39,42)/t23-/m0/s1. The number of anilines is 1. The van der Waals surface area contributed by atoms with Crippen LogP contribution in [-0.4, -0.2) is 36.9 Å². The van der Waals surface area contributed by atoms with E-state index in [1.807, 2.05) is 0 Å². The first-order valence-electron chi connectivity index (χ1n) is 12.3.